The molecule has 0 aromatic heterocycles. The van der Waals surface area contributed by atoms with E-state index in [1.807, 2.05) is 0 Å². The summed E-state index contributed by atoms with van der Waals surface area (Å²) in [5, 5.41) is 9.60. The maximum absolute atomic E-state index is 12.2. The van der Waals surface area contributed by atoms with E-state index in [-0.39, 0.29) is 13.2 Å². The molecule has 0 aromatic carbocycles. The zero-order valence-electron chi connectivity index (χ0n) is 9.91. The van der Waals surface area contributed by atoms with Gasteiger partial charge in [-0.3, -0.25) is 4.74 Å². The van der Waals surface area contributed by atoms with Crippen LogP contribution in [0.25, 0.3) is 0 Å². The lowest BCUT2D eigenvalue weighted by Crippen LogP contribution is -2.39. The first-order valence-corrected chi connectivity index (χ1v) is 6.11. The molecule has 4 nitrogen and oxygen atoms in total. The molecule has 1 saturated heterocycles. The Morgan fingerprint density at radius 3 is 2.28 bits per heavy atom. The highest BCUT2D eigenvalue weighted by molar-refractivity contribution is 4.82. The molecule has 18 heavy (non-hydrogen) atoms. The van der Waals surface area contributed by atoms with Gasteiger partial charge in [0.05, 0.1) is 13.2 Å². The molecular weight excluding hydrogens is 253 g/mol. The second-order valence-electron chi connectivity index (χ2n) is 4.76. The molecule has 0 amide bonds. The molecule has 1 aliphatic carbocycles. The number of aliphatic hydroxyl groups is 1. The van der Waals surface area contributed by atoms with Gasteiger partial charge in [-0.15, -0.1) is 13.2 Å². The van der Waals surface area contributed by atoms with Gasteiger partial charge >= 0.3 is 6.36 Å². The van der Waals surface area contributed by atoms with E-state index < -0.39 is 24.4 Å². The molecule has 0 aromatic rings. The zero-order chi connectivity index (χ0) is 13.2. The maximum Gasteiger partial charge on any atom is 0.522 e. The minimum Gasteiger partial charge on any atom is -0.388 e. The third kappa shape index (κ3) is 3.57. The number of hydrogen-bond donors (Lipinski definition) is 1. The highest BCUT2D eigenvalue weighted by Gasteiger charge is 2.43. The van der Waals surface area contributed by atoms with Crippen molar-refractivity contribution in [1.29, 1.82) is 0 Å². The van der Waals surface area contributed by atoms with Crippen molar-refractivity contribution in [2.75, 3.05) is 13.2 Å². The Morgan fingerprint density at radius 2 is 1.67 bits per heavy atom. The number of rotatable bonds is 1. The first-order valence-electron chi connectivity index (χ1n) is 6.11. The van der Waals surface area contributed by atoms with Gasteiger partial charge in [0, 0.05) is 12.8 Å². The van der Waals surface area contributed by atoms with Gasteiger partial charge in [0.1, 0.15) is 12.2 Å². The molecule has 0 bridgehead atoms. The molecule has 1 heterocycles. The van der Waals surface area contributed by atoms with Crippen molar-refractivity contribution in [3.05, 3.63) is 0 Å². The van der Waals surface area contributed by atoms with E-state index in [1.54, 1.807) is 0 Å². The zero-order valence-corrected chi connectivity index (χ0v) is 9.91. The van der Waals surface area contributed by atoms with Gasteiger partial charge in [-0.05, 0) is 12.8 Å². The van der Waals surface area contributed by atoms with Crippen LogP contribution in [0, 0.1) is 0 Å². The van der Waals surface area contributed by atoms with Crippen LogP contribution < -0.4 is 0 Å². The summed E-state index contributed by atoms with van der Waals surface area (Å²) in [6.45, 7) is -0.499. The minimum absolute atomic E-state index is 0.194. The topological polar surface area (TPSA) is 47.9 Å². The van der Waals surface area contributed by atoms with Crippen LogP contribution in [0.4, 0.5) is 13.2 Å². The van der Waals surface area contributed by atoms with Crippen LogP contribution in [0.15, 0.2) is 0 Å². The largest absolute Gasteiger partial charge is 0.522 e. The van der Waals surface area contributed by atoms with Crippen molar-refractivity contribution in [3.63, 3.8) is 0 Å². The molecule has 7 heteroatoms. The van der Waals surface area contributed by atoms with Gasteiger partial charge in [-0.25, -0.2) is 0 Å². The average molecular weight is 270 g/mol. The third-order valence-electron chi connectivity index (χ3n) is 3.36. The van der Waals surface area contributed by atoms with E-state index in [4.69, 9.17) is 9.47 Å². The molecule has 106 valence electrons. The standard InChI is InChI=1S/C11H17F3O4/c12-11(13,14)18-9-7-17-10(16-6-8(9)15)4-2-1-3-5-10/h8-9,15H,1-7H2/t8-,9-/m1/s1. The monoisotopic (exact) mass is 270 g/mol. The predicted octanol–water partition coefficient (Wildman–Crippen LogP) is 1.96. The summed E-state index contributed by atoms with van der Waals surface area (Å²) in [4.78, 5) is 0. The van der Waals surface area contributed by atoms with Gasteiger partial charge in [0.2, 0.25) is 0 Å². The normalized spacial score (nSPS) is 33.3. The number of ether oxygens (including phenoxy) is 3. The van der Waals surface area contributed by atoms with E-state index in [9.17, 15) is 18.3 Å². The molecule has 0 unspecified atom stereocenters. The molecule has 1 N–H and O–H groups in total. The fraction of sp³-hybridized carbons (Fsp3) is 1.00. The van der Waals surface area contributed by atoms with Crippen molar-refractivity contribution < 1.29 is 32.5 Å². The van der Waals surface area contributed by atoms with Crippen LogP contribution >= 0.6 is 0 Å². The lowest BCUT2D eigenvalue weighted by Gasteiger charge is -2.35. The summed E-state index contributed by atoms with van der Waals surface area (Å²) in [5.74, 6) is -0.830. The number of halogens is 3. The molecule has 2 aliphatic rings. The second kappa shape index (κ2) is 5.32. The lowest BCUT2D eigenvalue weighted by molar-refractivity contribution is -0.355. The van der Waals surface area contributed by atoms with Gasteiger partial charge in [0.15, 0.2) is 5.79 Å². The molecule has 2 atom stereocenters. The van der Waals surface area contributed by atoms with Crippen molar-refractivity contribution in [3.8, 4) is 0 Å². The lowest BCUT2D eigenvalue weighted by atomic mass is 9.94. The van der Waals surface area contributed by atoms with E-state index >= 15 is 0 Å². The fourth-order valence-corrected chi connectivity index (χ4v) is 2.39. The minimum atomic E-state index is -4.78. The molecule has 2 rings (SSSR count). The van der Waals surface area contributed by atoms with Crippen LogP contribution in [0.1, 0.15) is 32.1 Å². The smallest absolute Gasteiger partial charge is 0.388 e. The van der Waals surface area contributed by atoms with Crippen molar-refractivity contribution in [2.45, 2.75) is 56.5 Å². The van der Waals surface area contributed by atoms with Crippen LogP contribution in [0.2, 0.25) is 0 Å². The van der Waals surface area contributed by atoms with Crippen LogP contribution in [0.5, 0.6) is 0 Å². The Hall–Kier alpha value is -0.370. The summed E-state index contributed by atoms with van der Waals surface area (Å²) in [6, 6.07) is 0. The summed E-state index contributed by atoms with van der Waals surface area (Å²) < 4.78 is 51.2. The molecular formula is C11H17F3O4. The van der Waals surface area contributed by atoms with E-state index in [0.29, 0.717) is 12.8 Å². The summed E-state index contributed by atoms with van der Waals surface area (Å²) in [7, 11) is 0. The van der Waals surface area contributed by atoms with Gasteiger partial charge in [0.25, 0.3) is 0 Å². The van der Waals surface area contributed by atoms with Gasteiger partial charge < -0.3 is 14.6 Å². The number of alkyl halides is 3. The molecule has 2 fully saturated rings. The van der Waals surface area contributed by atoms with E-state index in [1.165, 1.54) is 0 Å². The molecule has 1 spiro atoms. The quantitative estimate of drug-likeness (QED) is 0.791. The second-order valence-corrected chi connectivity index (χ2v) is 4.76. The first kappa shape index (κ1) is 14.0. The van der Waals surface area contributed by atoms with Crippen molar-refractivity contribution >= 4 is 0 Å². The van der Waals surface area contributed by atoms with Gasteiger partial charge in [-0.1, -0.05) is 6.42 Å². The Bertz CT molecular complexity index is 276. The first-order chi connectivity index (χ1) is 8.40. The van der Waals surface area contributed by atoms with Gasteiger partial charge in [-0.2, -0.15) is 0 Å². The van der Waals surface area contributed by atoms with Crippen molar-refractivity contribution in [1.82, 2.24) is 0 Å². The van der Waals surface area contributed by atoms with Crippen LogP contribution in [-0.4, -0.2) is 42.7 Å². The number of aliphatic hydroxyl groups excluding tert-OH is 1. The third-order valence-corrected chi connectivity index (χ3v) is 3.36. The SMILES string of the molecule is O[C@@H]1COC2(CCCCC2)OC[C@H]1OC(F)(F)F. The summed E-state index contributed by atoms with van der Waals surface area (Å²) in [5.41, 5.74) is 0. The average Bonchev–Trinajstić information content (AvgIpc) is 2.43. The predicted molar refractivity (Wildman–Crippen MR) is 54.7 cm³/mol. The van der Waals surface area contributed by atoms with E-state index in [0.717, 1.165) is 19.3 Å². The van der Waals surface area contributed by atoms with Crippen LogP contribution in [-0.2, 0) is 14.2 Å². The Labute approximate surface area is 103 Å². The number of hydrogen-bond acceptors (Lipinski definition) is 4. The Balaban J connectivity index is 1.97. The van der Waals surface area contributed by atoms with Crippen molar-refractivity contribution in [2.24, 2.45) is 0 Å². The highest BCUT2D eigenvalue weighted by atomic mass is 19.4. The van der Waals surface area contributed by atoms with E-state index in [2.05, 4.69) is 4.74 Å². The fourth-order valence-electron chi connectivity index (χ4n) is 2.39. The Morgan fingerprint density at radius 1 is 1.06 bits per heavy atom. The molecule has 1 aliphatic heterocycles. The summed E-state index contributed by atoms with van der Waals surface area (Å²) in [6.07, 6.45) is -3.32. The maximum atomic E-state index is 12.2. The van der Waals surface area contributed by atoms with Crippen LogP contribution in [0.3, 0.4) is 0 Å². The Kier molecular flexibility index (Phi) is 4.15. The molecule has 1 saturated carbocycles. The molecule has 0 radical (unpaired) electrons. The summed E-state index contributed by atoms with van der Waals surface area (Å²) >= 11 is 0. The highest BCUT2D eigenvalue weighted by Crippen LogP contribution is 2.35.